The first kappa shape index (κ1) is 24.3. The van der Waals surface area contributed by atoms with Gasteiger partial charge in [-0.25, -0.2) is 4.98 Å². The Hall–Kier alpha value is -4.08. The molecule has 0 N–H and O–H groups in total. The van der Waals surface area contributed by atoms with Gasteiger partial charge in [-0.3, -0.25) is 9.30 Å². The van der Waals surface area contributed by atoms with Crippen LogP contribution in [0.2, 0.25) is 0 Å². The largest absolute Gasteiger partial charge is 0.355 e. The van der Waals surface area contributed by atoms with E-state index in [1.54, 1.807) is 0 Å². The highest BCUT2D eigenvalue weighted by molar-refractivity contribution is 5.86. The van der Waals surface area contributed by atoms with Gasteiger partial charge in [-0.1, -0.05) is 42.5 Å². The number of rotatable bonds is 6. The van der Waals surface area contributed by atoms with Crippen molar-refractivity contribution in [1.29, 1.82) is 5.26 Å². The van der Waals surface area contributed by atoms with Crippen LogP contribution in [0.4, 0.5) is 5.82 Å². The molecule has 0 radical (unpaired) electrons. The standard InChI is InChI=1S/C32H34N6/c1-23-13-14-24(2)37(23)20-17-35-15-18-36(19-16-35)32-27(21-26-9-5-4-6-10-26)25(3)28(22-33)31-34-29-11-7-8-12-30(29)38(31)32/h4-14H,15-21H2,1-3H3. The van der Waals surface area contributed by atoms with E-state index in [-0.39, 0.29) is 0 Å². The Kier molecular flexibility index (Phi) is 6.39. The number of imidazole rings is 1. The first-order chi connectivity index (χ1) is 18.5. The maximum absolute atomic E-state index is 10.2. The lowest BCUT2D eigenvalue weighted by atomic mass is 9.97. The minimum Gasteiger partial charge on any atom is -0.355 e. The van der Waals surface area contributed by atoms with E-state index in [1.165, 1.54) is 28.3 Å². The summed E-state index contributed by atoms with van der Waals surface area (Å²) in [5.74, 6) is 1.19. The maximum Gasteiger partial charge on any atom is 0.157 e. The Bertz CT molecular complexity index is 1630. The van der Waals surface area contributed by atoms with Crippen LogP contribution in [-0.2, 0) is 13.0 Å². The summed E-state index contributed by atoms with van der Waals surface area (Å²) in [6.45, 7) is 12.5. The molecule has 38 heavy (non-hydrogen) atoms. The number of nitriles is 1. The normalized spacial score (nSPS) is 14.4. The number of anilines is 1. The maximum atomic E-state index is 10.2. The number of nitrogens with zero attached hydrogens (tertiary/aromatic N) is 6. The van der Waals surface area contributed by atoms with Crippen LogP contribution in [0, 0.1) is 32.1 Å². The molecular formula is C32H34N6. The molecule has 1 aliphatic heterocycles. The van der Waals surface area contributed by atoms with Gasteiger partial charge in [-0.2, -0.15) is 5.26 Å². The van der Waals surface area contributed by atoms with Crippen LogP contribution in [0.5, 0.6) is 0 Å². The van der Waals surface area contributed by atoms with E-state index >= 15 is 0 Å². The lowest BCUT2D eigenvalue weighted by molar-refractivity contribution is 0.246. The first-order valence-corrected chi connectivity index (χ1v) is 13.5. The van der Waals surface area contributed by atoms with Crippen molar-refractivity contribution >= 4 is 22.5 Å². The molecule has 6 nitrogen and oxygen atoms in total. The SMILES string of the molecule is Cc1c(Cc2ccccc2)c(N2CCN(CCn3c(C)ccc3C)CC2)n2c(nc3ccccc32)c1C#N. The van der Waals surface area contributed by atoms with Crippen molar-refractivity contribution in [3.05, 3.63) is 100 Å². The second-order valence-electron chi connectivity index (χ2n) is 10.4. The van der Waals surface area contributed by atoms with Gasteiger partial charge < -0.3 is 9.47 Å². The smallest absolute Gasteiger partial charge is 0.157 e. The summed E-state index contributed by atoms with van der Waals surface area (Å²) in [5.41, 5.74) is 9.59. The second-order valence-corrected chi connectivity index (χ2v) is 10.4. The molecule has 3 aromatic heterocycles. The van der Waals surface area contributed by atoms with E-state index in [0.29, 0.717) is 5.56 Å². The van der Waals surface area contributed by atoms with Crippen molar-refractivity contribution < 1.29 is 0 Å². The van der Waals surface area contributed by atoms with Crippen LogP contribution in [0.25, 0.3) is 16.7 Å². The number of piperazine rings is 1. The monoisotopic (exact) mass is 502 g/mol. The lowest BCUT2D eigenvalue weighted by Crippen LogP contribution is -2.48. The van der Waals surface area contributed by atoms with E-state index in [2.05, 4.69) is 100 Å². The zero-order chi connectivity index (χ0) is 26.2. The Morgan fingerprint density at radius 2 is 1.50 bits per heavy atom. The number of aromatic nitrogens is 3. The van der Waals surface area contributed by atoms with Gasteiger partial charge in [0.2, 0.25) is 0 Å². The van der Waals surface area contributed by atoms with Crippen LogP contribution < -0.4 is 4.90 Å². The molecule has 1 saturated heterocycles. The quantitative estimate of drug-likeness (QED) is 0.308. The second kappa shape index (κ2) is 10.00. The van der Waals surface area contributed by atoms with E-state index in [4.69, 9.17) is 4.98 Å². The predicted octanol–water partition coefficient (Wildman–Crippen LogP) is 5.50. The molecule has 0 atom stereocenters. The Morgan fingerprint density at radius 1 is 0.816 bits per heavy atom. The third kappa shape index (κ3) is 4.23. The number of hydrogen-bond donors (Lipinski definition) is 0. The Morgan fingerprint density at radius 3 is 2.21 bits per heavy atom. The average molecular weight is 503 g/mol. The fourth-order valence-electron chi connectivity index (χ4n) is 5.98. The number of aryl methyl sites for hydroxylation is 2. The summed E-state index contributed by atoms with van der Waals surface area (Å²) in [5, 5.41) is 10.2. The number of benzene rings is 2. The molecule has 0 spiro atoms. The predicted molar refractivity (Wildman–Crippen MR) is 154 cm³/mol. The first-order valence-electron chi connectivity index (χ1n) is 13.5. The van der Waals surface area contributed by atoms with Crippen molar-refractivity contribution in [2.75, 3.05) is 37.6 Å². The molecule has 0 saturated carbocycles. The van der Waals surface area contributed by atoms with Crippen LogP contribution in [0.1, 0.15) is 33.6 Å². The fraction of sp³-hybridized carbons (Fsp3) is 0.312. The van der Waals surface area contributed by atoms with Crippen LogP contribution in [0.3, 0.4) is 0 Å². The number of para-hydroxylation sites is 2. The van der Waals surface area contributed by atoms with Gasteiger partial charge in [-0.15, -0.1) is 0 Å². The topological polar surface area (TPSA) is 52.5 Å². The molecule has 1 aliphatic rings. The molecule has 0 bridgehead atoms. The van der Waals surface area contributed by atoms with Gasteiger partial charge in [0.05, 0.1) is 16.6 Å². The minimum atomic E-state index is 0.673. The lowest BCUT2D eigenvalue weighted by Gasteiger charge is -2.38. The molecule has 4 heterocycles. The molecular weight excluding hydrogens is 468 g/mol. The summed E-state index contributed by atoms with van der Waals surface area (Å²) in [6.07, 6.45) is 0.783. The molecule has 0 amide bonds. The average Bonchev–Trinajstić information content (AvgIpc) is 3.48. The molecule has 5 aromatic rings. The third-order valence-corrected chi connectivity index (χ3v) is 8.16. The van der Waals surface area contributed by atoms with Gasteiger partial charge in [-0.05, 0) is 56.2 Å². The zero-order valence-corrected chi connectivity index (χ0v) is 22.5. The summed E-state index contributed by atoms with van der Waals surface area (Å²) in [6, 6.07) is 25.7. The molecule has 6 rings (SSSR count). The Labute approximate surface area is 224 Å². The van der Waals surface area contributed by atoms with Gasteiger partial charge in [0, 0.05) is 62.6 Å². The highest BCUT2D eigenvalue weighted by Crippen LogP contribution is 2.35. The van der Waals surface area contributed by atoms with Gasteiger partial charge >= 0.3 is 0 Å². The van der Waals surface area contributed by atoms with Crippen molar-refractivity contribution in [3.63, 3.8) is 0 Å². The van der Waals surface area contributed by atoms with Crippen molar-refractivity contribution in [2.24, 2.45) is 0 Å². The van der Waals surface area contributed by atoms with Gasteiger partial charge in [0.15, 0.2) is 5.65 Å². The molecule has 6 heteroatoms. The molecule has 2 aromatic carbocycles. The number of fused-ring (bicyclic) bond motifs is 3. The van der Waals surface area contributed by atoms with Crippen LogP contribution in [0.15, 0.2) is 66.7 Å². The summed E-state index contributed by atoms with van der Waals surface area (Å²) >= 11 is 0. The third-order valence-electron chi connectivity index (χ3n) is 8.16. The van der Waals surface area contributed by atoms with Crippen molar-refractivity contribution in [2.45, 2.75) is 33.7 Å². The van der Waals surface area contributed by atoms with Crippen LogP contribution >= 0.6 is 0 Å². The van der Waals surface area contributed by atoms with E-state index < -0.39 is 0 Å². The summed E-state index contributed by atoms with van der Waals surface area (Å²) in [4.78, 5) is 10.0. The summed E-state index contributed by atoms with van der Waals surface area (Å²) in [7, 11) is 0. The highest BCUT2D eigenvalue weighted by Gasteiger charge is 2.27. The fourth-order valence-corrected chi connectivity index (χ4v) is 5.98. The van der Waals surface area contributed by atoms with E-state index in [1.807, 2.05) is 12.1 Å². The van der Waals surface area contributed by atoms with Gasteiger partial charge in [0.25, 0.3) is 0 Å². The Balaban J connectivity index is 1.39. The minimum absolute atomic E-state index is 0.673. The molecule has 0 aliphatic carbocycles. The number of hydrogen-bond acceptors (Lipinski definition) is 4. The van der Waals surface area contributed by atoms with Gasteiger partial charge in [0.1, 0.15) is 11.9 Å². The number of pyridine rings is 1. The molecule has 192 valence electrons. The van der Waals surface area contributed by atoms with Crippen molar-refractivity contribution in [3.8, 4) is 6.07 Å². The summed E-state index contributed by atoms with van der Waals surface area (Å²) < 4.78 is 4.66. The molecule has 0 unspecified atom stereocenters. The van der Waals surface area contributed by atoms with Crippen molar-refractivity contribution in [1.82, 2.24) is 18.9 Å². The zero-order valence-electron chi connectivity index (χ0n) is 22.5. The molecule has 1 fully saturated rings. The van der Waals surface area contributed by atoms with E-state index in [0.717, 1.165) is 67.9 Å². The highest BCUT2D eigenvalue weighted by atomic mass is 15.3. The van der Waals surface area contributed by atoms with E-state index in [9.17, 15) is 5.26 Å². The van der Waals surface area contributed by atoms with Crippen LogP contribution in [-0.4, -0.2) is 51.6 Å².